The second-order valence-electron chi connectivity index (χ2n) is 4.87. The van der Waals surface area contributed by atoms with Crippen molar-refractivity contribution in [2.75, 3.05) is 5.32 Å². The molecular weight excluding hydrogens is 284 g/mol. The molecule has 7 nitrogen and oxygen atoms in total. The van der Waals surface area contributed by atoms with Crippen LogP contribution in [0.2, 0.25) is 0 Å². The van der Waals surface area contributed by atoms with E-state index in [4.69, 9.17) is 0 Å². The van der Waals surface area contributed by atoms with Gasteiger partial charge < -0.3 is 10.6 Å². The fourth-order valence-corrected chi connectivity index (χ4v) is 1.98. The molecule has 114 valence electrons. The maximum atomic E-state index is 11.9. The van der Waals surface area contributed by atoms with Crippen LogP contribution in [0.5, 0.6) is 0 Å². The molecule has 2 N–H and O–H groups in total. The number of rotatable bonds is 4. The fraction of sp³-hybridized carbons (Fsp3) is 0.200. The minimum atomic E-state index is -0.435. The van der Waals surface area contributed by atoms with Gasteiger partial charge in [-0.25, -0.2) is 4.79 Å². The van der Waals surface area contributed by atoms with Crippen molar-refractivity contribution in [2.24, 2.45) is 0 Å². The second kappa shape index (κ2) is 6.66. The van der Waals surface area contributed by atoms with Gasteiger partial charge in [-0.3, -0.25) is 15.1 Å². The molecule has 7 heteroatoms. The quantitative estimate of drug-likeness (QED) is 0.670. The number of carbonyl (C=O) groups is 1. The van der Waals surface area contributed by atoms with Gasteiger partial charge in [0.05, 0.1) is 4.92 Å². The van der Waals surface area contributed by atoms with Crippen molar-refractivity contribution in [3.05, 3.63) is 63.5 Å². The number of hydrogen-bond acceptors (Lipinski definition) is 4. The van der Waals surface area contributed by atoms with Gasteiger partial charge in [-0.05, 0) is 43.2 Å². The average molecular weight is 300 g/mol. The van der Waals surface area contributed by atoms with Crippen molar-refractivity contribution in [3.8, 4) is 0 Å². The molecule has 0 bridgehead atoms. The zero-order chi connectivity index (χ0) is 16.1. The van der Waals surface area contributed by atoms with Crippen LogP contribution in [0.1, 0.15) is 16.7 Å². The number of nitrogens with one attached hydrogen (secondary N) is 2. The highest BCUT2D eigenvalue weighted by Crippen LogP contribution is 2.25. The van der Waals surface area contributed by atoms with Crippen LogP contribution in [0.15, 0.2) is 36.7 Å². The van der Waals surface area contributed by atoms with Gasteiger partial charge in [-0.1, -0.05) is 0 Å². The molecule has 0 aliphatic carbocycles. The molecule has 0 radical (unpaired) electrons. The third-order valence-corrected chi connectivity index (χ3v) is 3.19. The number of nitrogens with zero attached hydrogens (tertiary/aromatic N) is 2. The Hall–Kier alpha value is -2.96. The van der Waals surface area contributed by atoms with Crippen LogP contribution in [0.4, 0.5) is 16.2 Å². The molecule has 0 atom stereocenters. The van der Waals surface area contributed by atoms with Gasteiger partial charge in [-0.15, -0.1) is 0 Å². The lowest BCUT2D eigenvalue weighted by molar-refractivity contribution is -0.385. The van der Waals surface area contributed by atoms with Gasteiger partial charge in [-0.2, -0.15) is 0 Å². The van der Waals surface area contributed by atoms with Crippen molar-refractivity contribution in [2.45, 2.75) is 20.4 Å². The summed E-state index contributed by atoms with van der Waals surface area (Å²) in [5.41, 5.74) is 2.66. The lowest BCUT2D eigenvalue weighted by Gasteiger charge is -2.11. The second-order valence-corrected chi connectivity index (χ2v) is 4.87. The van der Waals surface area contributed by atoms with Crippen LogP contribution in [0, 0.1) is 24.0 Å². The molecule has 0 spiro atoms. The van der Waals surface area contributed by atoms with E-state index in [-0.39, 0.29) is 11.7 Å². The van der Waals surface area contributed by atoms with Gasteiger partial charge in [0.1, 0.15) is 0 Å². The van der Waals surface area contributed by atoms with Crippen molar-refractivity contribution < 1.29 is 9.72 Å². The monoisotopic (exact) mass is 300 g/mol. The van der Waals surface area contributed by atoms with Crippen molar-refractivity contribution in [1.82, 2.24) is 10.3 Å². The molecule has 0 aliphatic rings. The first-order valence-electron chi connectivity index (χ1n) is 6.67. The van der Waals surface area contributed by atoms with E-state index in [0.29, 0.717) is 23.4 Å². The van der Waals surface area contributed by atoms with E-state index in [0.717, 1.165) is 5.56 Å². The summed E-state index contributed by atoms with van der Waals surface area (Å²) in [5.74, 6) is 0. The van der Waals surface area contributed by atoms with Gasteiger partial charge in [0.25, 0.3) is 5.69 Å². The first-order chi connectivity index (χ1) is 10.5. The first kappa shape index (κ1) is 15.4. The minimum absolute atomic E-state index is 0.0419. The minimum Gasteiger partial charge on any atom is -0.334 e. The number of aromatic nitrogens is 1. The van der Waals surface area contributed by atoms with E-state index in [9.17, 15) is 14.9 Å². The maximum absolute atomic E-state index is 11.9. The summed E-state index contributed by atoms with van der Waals surface area (Å²) in [4.78, 5) is 26.2. The fourth-order valence-electron chi connectivity index (χ4n) is 1.98. The smallest absolute Gasteiger partial charge is 0.319 e. The highest BCUT2D eigenvalue weighted by atomic mass is 16.6. The maximum Gasteiger partial charge on any atom is 0.319 e. The normalized spacial score (nSPS) is 10.1. The number of anilines is 1. The molecule has 1 heterocycles. The molecule has 22 heavy (non-hydrogen) atoms. The molecule has 1 aromatic heterocycles. The summed E-state index contributed by atoms with van der Waals surface area (Å²) < 4.78 is 0. The summed E-state index contributed by atoms with van der Waals surface area (Å²) in [5, 5.41) is 16.3. The topological polar surface area (TPSA) is 97.2 Å². The molecule has 2 rings (SSSR count). The Morgan fingerprint density at radius 3 is 2.55 bits per heavy atom. The lowest BCUT2D eigenvalue weighted by Crippen LogP contribution is -2.28. The van der Waals surface area contributed by atoms with E-state index < -0.39 is 4.92 Å². The Kier molecular flexibility index (Phi) is 4.67. The molecule has 0 saturated heterocycles. The number of amides is 2. The third kappa shape index (κ3) is 3.78. The number of nitro benzene ring substituents is 1. The molecule has 2 amide bonds. The summed E-state index contributed by atoms with van der Waals surface area (Å²) in [7, 11) is 0. The predicted molar refractivity (Wildman–Crippen MR) is 82.7 cm³/mol. The van der Waals surface area contributed by atoms with E-state index in [1.807, 2.05) is 12.1 Å². The zero-order valence-corrected chi connectivity index (χ0v) is 12.3. The molecule has 0 fully saturated rings. The van der Waals surface area contributed by atoms with Gasteiger partial charge in [0.15, 0.2) is 0 Å². The van der Waals surface area contributed by atoms with E-state index in [1.165, 1.54) is 6.07 Å². The van der Waals surface area contributed by atoms with Crippen LogP contribution >= 0.6 is 0 Å². The lowest BCUT2D eigenvalue weighted by atomic mass is 10.1. The first-order valence-corrected chi connectivity index (χ1v) is 6.67. The number of urea groups is 1. The van der Waals surface area contributed by atoms with Crippen LogP contribution in [0.3, 0.4) is 0 Å². The number of nitro groups is 1. The number of pyridine rings is 1. The van der Waals surface area contributed by atoms with Gasteiger partial charge >= 0.3 is 6.03 Å². The zero-order valence-electron chi connectivity index (χ0n) is 12.3. The van der Waals surface area contributed by atoms with E-state index in [2.05, 4.69) is 15.6 Å². The molecule has 0 aliphatic heterocycles. The van der Waals surface area contributed by atoms with Crippen molar-refractivity contribution >= 4 is 17.4 Å². The van der Waals surface area contributed by atoms with E-state index in [1.54, 1.807) is 32.3 Å². The van der Waals surface area contributed by atoms with Crippen molar-refractivity contribution in [3.63, 3.8) is 0 Å². The standard InChI is InChI=1S/C15H16N4O3/c1-10-8-14(19(21)22)11(2)7-13(10)18-15(20)17-9-12-3-5-16-6-4-12/h3-8H,9H2,1-2H3,(H2,17,18,20). The summed E-state index contributed by atoms with van der Waals surface area (Å²) in [6.07, 6.45) is 3.30. The Morgan fingerprint density at radius 2 is 1.91 bits per heavy atom. The summed E-state index contributed by atoms with van der Waals surface area (Å²) in [6, 6.07) is 6.30. The number of hydrogen-bond donors (Lipinski definition) is 2. The summed E-state index contributed by atoms with van der Waals surface area (Å²) >= 11 is 0. The third-order valence-electron chi connectivity index (χ3n) is 3.19. The van der Waals surface area contributed by atoms with Gasteiger partial charge in [0, 0.05) is 36.3 Å². The Morgan fingerprint density at radius 1 is 1.23 bits per heavy atom. The molecule has 0 saturated carbocycles. The van der Waals surface area contributed by atoms with Crippen LogP contribution < -0.4 is 10.6 Å². The van der Waals surface area contributed by atoms with Gasteiger partial charge in [0.2, 0.25) is 0 Å². The van der Waals surface area contributed by atoms with E-state index >= 15 is 0 Å². The summed E-state index contributed by atoms with van der Waals surface area (Å²) in [6.45, 7) is 3.72. The Bertz CT molecular complexity index is 701. The highest BCUT2D eigenvalue weighted by molar-refractivity contribution is 5.90. The van der Waals surface area contributed by atoms with Crippen LogP contribution in [-0.2, 0) is 6.54 Å². The largest absolute Gasteiger partial charge is 0.334 e. The molecular formula is C15H16N4O3. The predicted octanol–water partition coefficient (Wildman–Crippen LogP) is 2.93. The number of benzene rings is 1. The Labute approximate surface area is 127 Å². The average Bonchev–Trinajstić information content (AvgIpc) is 2.49. The highest BCUT2D eigenvalue weighted by Gasteiger charge is 2.14. The van der Waals surface area contributed by atoms with Crippen LogP contribution in [-0.4, -0.2) is 15.9 Å². The number of carbonyl (C=O) groups excluding carboxylic acids is 1. The SMILES string of the molecule is Cc1cc([N+](=O)[O-])c(C)cc1NC(=O)NCc1ccncc1. The molecule has 1 aromatic carbocycles. The Balaban J connectivity index is 2.02. The van der Waals surface area contributed by atoms with Crippen LogP contribution in [0.25, 0.3) is 0 Å². The number of aryl methyl sites for hydroxylation is 2. The molecule has 2 aromatic rings. The van der Waals surface area contributed by atoms with Crippen molar-refractivity contribution in [1.29, 1.82) is 0 Å². The molecule has 0 unspecified atom stereocenters.